The molecule has 29 heavy (non-hydrogen) atoms. The topological polar surface area (TPSA) is 99.3 Å². The third-order valence-corrected chi connectivity index (χ3v) is 6.80. The van der Waals surface area contributed by atoms with Crippen LogP contribution < -0.4 is 21.3 Å². The maximum absolute atomic E-state index is 12.5. The van der Waals surface area contributed by atoms with Crippen molar-refractivity contribution in [1.29, 1.82) is 0 Å². The number of urea groups is 1. The van der Waals surface area contributed by atoms with Crippen LogP contribution in [-0.4, -0.2) is 31.4 Å². The molecular formula is C22H30N4O3. The molecule has 4 fully saturated rings. The van der Waals surface area contributed by atoms with Crippen molar-refractivity contribution < 1.29 is 14.4 Å². The van der Waals surface area contributed by atoms with E-state index in [-0.39, 0.29) is 29.8 Å². The quantitative estimate of drug-likeness (QED) is 0.592. The molecule has 1 aromatic carbocycles. The Morgan fingerprint density at radius 2 is 1.38 bits per heavy atom. The van der Waals surface area contributed by atoms with Gasteiger partial charge in [0.05, 0.1) is 6.54 Å². The van der Waals surface area contributed by atoms with Crippen LogP contribution >= 0.6 is 0 Å². The van der Waals surface area contributed by atoms with Crippen LogP contribution in [0.1, 0.15) is 44.9 Å². The van der Waals surface area contributed by atoms with Crippen LogP contribution in [0.2, 0.25) is 0 Å². The Hall–Kier alpha value is -2.57. The lowest BCUT2D eigenvalue weighted by molar-refractivity contribution is -0.131. The van der Waals surface area contributed by atoms with E-state index in [1.54, 1.807) is 31.3 Å². The van der Waals surface area contributed by atoms with Crippen molar-refractivity contribution in [1.82, 2.24) is 10.6 Å². The van der Waals surface area contributed by atoms with Gasteiger partial charge in [-0.2, -0.15) is 0 Å². The number of carbonyl (C=O) groups is 3. The average molecular weight is 399 g/mol. The van der Waals surface area contributed by atoms with Crippen LogP contribution in [0.5, 0.6) is 0 Å². The molecule has 4 bridgehead atoms. The van der Waals surface area contributed by atoms with E-state index in [1.165, 1.54) is 38.5 Å². The highest BCUT2D eigenvalue weighted by molar-refractivity contribution is 5.95. The van der Waals surface area contributed by atoms with Gasteiger partial charge in [0.2, 0.25) is 11.8 Å². The summed E-state index contributed by atoms with van der Waals surface area (Å²) in [6.45, 7) is -0.0244. The molecule has 0 atom stereocenters. The van der Waals surface area contributed by atoms with E-state index in [1.807, 2.05) is 0 Å². The van der Waals surface area contributed by atoms with Gasteiger partial charge in [0, 0.05) is 24.8 Å². The lowest BCUT2D eigenvalue weighted by Gasteiger charge is -2.56. The zero-order valence-electron chi connectivity index (χ0n) is 16.9. The molecule has 0 heterocycles. The van der Waals surface area contributed by atoms with E-state index >= 15 is 0 Å². The second-order valence-electron chi connectivity index (χ2n) is 9.20. The Kier molecular flexibility index (Phi) is 5.48. The molecule has 7 heteroatoms. The summed E-state index contributed by atoms with van der Waals surface area (Å²) in [5, 5.41) is 10.7. The highest BCUT2D eigenvalue weighted by atomic mass is 16.2. The highest BCUT2D eigenvalue weighted by Gasteiger charge is 2.51. The number of benzene rings is 1. The molecule has 0 spiro atoms. The fraction of sp³-hybridized carbons (Fsp3) is 0.591. The number of rotatable bonds is 6. The van der Waals surface area contributed by atoms with Crippen molar-refractivity contribution in [3.8, 4) is 0 Å². The number of nitrogens with one attached hydrogen (secondary N) is 4. The van der Waals surface area contributed by atoms with Crippen molar-refractivity contribution in [2.45, 2.75) is 44.9 Å². The summed E-state index contributed by atoms with van der Waals surface area (Å²) in [6.07, 6.45) is 8.21. The molecule has 4 aliphatic carbocycles. The predicted octanol–water partition coefficient (Wildman–Crippen LogP) is 3.10. The number of carbonyl (C=O) groups excluding carboxylic acids is 3. The lowest BCUT2D eigenvalue weighted by atomic mass is 9.49. The smallest absolute Gasteiger partial charge is 0.318 e. The van der Waals surface area contributed by atoms with Gasteiger partial charge in [0.1, 0.15) is 0 Å². The van der Waals surface area contributed by atoms with Gasteiger partial charge in [0.15, 0.2) is 0 Å². The first-order chi connectivity index (χ1) is 13.9. The van der Waals surface area contributed by atoms with Gasteiger partial charge in [-0.1, -0.05) is 0 Å². The van der Waals surface area contributed by atoms with Crippen molar-refractivity contribution in [3.05, 3.63) is 24.3 Å². The van der Waals surface area contributed by atoms with Crippen molar-refractivity contribution in [2.75, 3.05) is 24.2 Å². The van der Waals surface area contributed by atoms with Gasteiger partial charge in [0.25, 0.3) is 0 Å². The minimum absolute atomic E-state index is 0.00720. The standard InChI is InChI=1S/C22H30N4O3/c1-23-21(29)26-18-4-2-17(3-5-18)25-20(28)13-24-19(27)12-22-9-14-6-15(10-22)8-16(7-14)11-22/h2-5,14-16H,6-13H2,1H3,(H,24,27)(H,25,28)(H2,23,26,29). The van der Waals surface area contributed by atoms with E-state index in [4.69, 9.17) is 0 Å². The molecule has 4 saturated carbocycles. The van der Waals surface area contributed by atoms with Gasteiger partial charge in [-0.05, 0) is 86.0 Å². The highest BCUT2D eigenvalue weighted by Crippen LogP contribution is 2.61. The van der Waals surface area contributed by atoms with Gasteiger partial charge in [-0.3, -0.25) is 9.59 Å². The molecule has 4 aliphatic rings. The fourth-order valence-corrected chi connectivity index (χ4v) is 6.12. The Balaban J connectivity index is 1.22. The van der Waals surface area contributed by atoms with E-state index in [0.717, 1.165) is 17.8 Å². The van der Waals surface area contributed by atoms with Crippen LogP contribution in [-0.2, 0) is 9.59 Å². The summed E-state index contributed by atoms with van der Waals surface area (Å²) in [6, 6.07) is 6.52. The Labute approximate surface area is 171 Å². The fourth-order valence-electron chi connectivity index (χ4n) is 6.12. The molecule has 0 radical (unpaired) electrons. The molecular weight excluding hydrogens is 368 g/mol. The van der Waals surface area contributed by atoms with E-state index < -0.39 is 0 Å². The summed E-state index contributed by atoms with van der Waals surface area (Å²) in [4.78, 5) is 36.0. The van der Waals surface area contributed by atoms with Crippen LogP contribution in [0.3, 0.4) is 0 Å². The van der Waals surface area contributed by atoms with Crippen LogP contribution in [0.25, 0.3) is 0 Å². The van der Waals surface area contributed by atoms with Crippen LogP contribution in [0.4, 0.5) is 16.2 Å². The third-order valence-electron chi connectivity index (χ3n) is 6.80. The van der Waals surface area contributed by atoms with E-state index in [0.29, 0.717) is 17.8 Å². The first-order valence-corrected chi connectivity index (χ1v) is 10.6. The van der Waals surface area contributed by atoms with Gasteiger partial charge in [-0.15, -0.1) is 0 Å². The van der Waals surface area contributed by atoms with E-state index in [2.05, 4.69) is 21.3 Å². The third kappa shape index (κ3) is 4.71. The summed E-state index contributed by atoms with van der Waals surface area (Å²) in [5.74, 6) is 2.19. The maximum atomic E-state index is 12.5. The van der Waals surface area contributed by atoms with Crippen molar-refractivity contribution >= 4 is 29.2 Å². The molecule has 0 saturated heterocycles. The second-order valence-corrected chi connectivity index (χ2v) is 9.20. The Morgan fingerprint density at radius 1 is 0.862 bits per heavy atom. The van der Waals surface area contributed by atoms with Gasteiger partial charge >= 0.3 is 6.03 Å². The molecule has 0 aliphatic heterocycles. The molecule has 4 N–H and O–H groups in total. The van der Waals surface area contributed by atoms with Crippen molar-refractivity contribution in [3.63, 3.8) is 0 Å². The zero-order chi connectivity index (χ0) is 20.4. The second kappa shape index (κ2) is 8.05. The largest absolute Gasteiger partial charge is 0.347 e. The predicted molar refractivity (Wildman–Crippen MR) is 111 cm³/mol. The SMILES string of the molecule is CNC(=O)Nc1ccc(NC(=O)CNC(=O)CC23CC4CC(CC(C4)C2)C3)cc1. The molecule has 5 rings (SSSR count). The zero-order valence-corrected chi connectivity index (χ0v) is 16.9. The van der Waals surface area contributed by atoms with Crippen molar-refractivity contribution in [2.24, 2.45) is 23.2 Å². The first kappa shape index (κ1) is 19.7. The summed E-state index contributed by atoms with van der Waals surface area (Å²) >= 11 is 0. The number of hydrogen-bond donors (Lipinski definition) is 4. The number of amides is 4. The van der Waals surface area contributed by atoms with Gasteiger partial charge < -0.3 is 21.3 Å². The van der Waals surface area contributed by atoms with E-state index in [9.17, 15) is 14.4 Å². The lowest BCUT2D eigenvalue weighted by Crippen LogP contribution is -2.48. The summed E-state index contributed by atoms with van der Waals surface area (Å²) < 4.78 is 0. The number of anilines is 2. The molecule has 0 unspecified atom stereocenters. The number of hydrogen-bond acceptors (Lipinski definition) is 3. The van der Waals surface area contributed by atoms with Gasteiger partial charge in [-0.25, -0.2) is 4.79 Å². The summed E-state index contributed by atoms with van der Waals surface area (Å²) in [7, 11) is 1.54. The molecule has 1 aromatic rings. The monoisotopic (exact) mass is 398 g/mol. The van der Waals surface area contributed by atoms with Crippen LogP contribution in [0.15, 0.2) is 24.3 Å². The first-order valence-electron chi connectivity index (χ1n) is 10.6. The molecule has 7 nitrogen and oxygen atoms in total. The average Bonchev–Trinajstić information content (AvgIpc) is 2.66. The molecule has 156 valence electrons. The Morgan fingerprint density at radius 3 is 1.90 bits per heavy atom. The maximum Gasteiger partial charge on any atom is 0.318 e. The van der Waals surface area contributed by atoms with Crippen LogP contribution in [0, 0.1) is 23.2 Å². The minimum atomic E-state index is -0.302. The summed E-state index contributed by atoms with van der Waals surface area (Å²) in [5.41, 5.74) is 1.43. The Bertz CT molecular complexity index is 754. The normalized spacial score (nSPS) is 29.2. The molecule has 4 amide bonds. The minimum Gasteiger partial charge on any atom is -0.347 e. The molecule has 0 aromatic heterocycles.